The van der Waals surface area contributed by atoms with E-state index in [-0.39, 0.29) is 16.6 Å². The second kappa shape index (κ2) is 7.05. The Balaban J connectivity index is 1.58. The fourth-order valence-corrected chi connectivity index (χ4v) is 4.79. The molecule has 0 spiro atoms. The van der Waals surface area contributed by atoms with E-state index in [1.54, 1.807) is 0 Å². The molecule has 1 aromatic rings. The van der Waals surface area contributed by atoms with E-state index in [1.807, 2.05) is 11.8 Å². The molecule has 1 saturated heterocycles. The molecule has 4 heteroatoms. The Morgan fingerprint density at radius 3 is 2.59 bits per heavy atom. The number of benzene rings is 1. The van der Waals surface area contributed by atoms with Crippen molar-refractivity contribution in [3.05, 3.63) is 30.3 Å². The molecule has 1 amide bonds. The van der Waals surface area contributed by atoms with E-state index < -0.39 is 0 Å². The molecule has 22 heavy (non-hydrogen) atoms. The first-order valence-corrected chi connectivity index (χ1v) is 9.23. The lowest BCUT2D eigenvalue weighted by Gasteiger charge is -2.33. The molecule has 1 aromatic carbocycles. The molecule has 2 N–H and O–H groups in total. The molecule has 1 aliphatic carbocycles. The molecular weight excluding hydrogens is 292 g/mol. The van der Waals surface area contributed by atoms with Gasteiger partial charge in [0.2, 0.25) is 5.91 Å². The normalized spacial score (nSPS) is 22.0. The molecule has 1 atom stereocenters. The zero-order valence-electron chi connectivity index (χ0n) is 13.3. The Labute approximate surface area is 137 Å². The average Bonchev–Trinajstić information content (AvgIpc) is 2.93. The third kappa shape index (κ3) is 3.66. The number of carbonyl (C=O) groups excluding carboxylic acids is 1. The van der Waals surface area contributed by atoms with Crippen LogP contribution in [0.25, 0.3) is 0 Å². The summed E-state index contributed by atoms with van der Waals surface area (Å²) in [5.41, 5.74) is 0. The third-order valence-electron chi connectivity index (χ3n) is 5.11. The van der Waals surface area contributed by atoms with E-state index in [2.05, 4.69) is 47.9 Å². The molecule has 2 aliphatic rings. The van der Waals surface area contributed by atoms with Crippen molar-refractivity contribution in [3.63, 3.8) is 0 Å². The van der Waals surface area contributed by atoms with Gasteiger partial charge in [-0.2, -0.15) is 0 Å². The lowest BCUT2D eigenvalue weighted by atomic mass is 9.88. The van der Waals surface area contributed by atoms with E-state index in [1.165, 1.54) is 30.6 Å². The minimum Gasteiger partial charge on any atom is -0.354 e. The fraction of sp³-hybridized carbons (Fsp3) is 0.611. The highest BCUT2D eigenvalue weighted by Gasteiger charge is 2.36. The average molecular weight is 318 g/mol. The summed E-state index contributed by atoms with van der Waals surface area (Å²) >= 11 is 1.95. The van der Waals surface area contributed by atoms with Gasteiger partial charge in [0.1, 0.15) is 0 Å². The first-order chi connectivity index (χ1) is 10.7. The van der Waals surface area contributed by atoms with E-state index in [0.717, 1.165) is 19.6 Å². The standard InChI is InChI=1S/C18H26N2OS/c1-14(15-11-19-12-15)17(21)20-13-18(9-5-6-10-18)22-16-7-3-2-4-8-16/h2-4,7-8,14-15,19H,5-6,9-13H2,1H3,(H,20,21). The van der Waals surface area contributed by atoms with Gasteiger partial charge in [0, 0.05) is 22.1 Å². The van der Waals surface area contributed by atoms with Crippen molar-refractivity contribution in [2.75, 3.05) is 19.6 Å². The fourth-order valence-electron chi connectivity index (χ4n) is 3.36. The van der Waals surface area contributed by atoms with E-state index in [0.29, 0.717) is 5.92 Å². The molecule has 1 saturated carbocycles. The van der Waals surface area contributed by atoms with Gasteiger partial charge >= 0.3 is 0 Å². The van der Waals surface area contributed by atoms with Crippen molar-refractivity contribution in [2.24, 2.45) is 11.8 Å². The highest BCUT2D eigenvalue weighted by molar-refractivity contribution is 8.00. The Kier molecular flexibility index (Phi) is 5.09. The number of rotatable bonds is 6. The van der Waals surface area contributed by atoms with E-state index >= 15 is 0 Å². The van der Waals surface area contributed by atoms with Gasteiger partial charge in [0.15, 0.2) is 0 Å². The number of carbonyl (C=O) groups is 1. The van der Waals surface area contributed by atoms with Crippen molar-refractivity contribution in [1.29, 1.82) is 0 Å². The molecule has 120 valence electrons. The van der Waals surface area contributed by atoms with Crippen molar-refractivity contribution in [1.82, 2.24) is 10.6 Å². The molecule has 3 rings (SSSR count). The van der Waals surface area contributed by atoms with Crippen LogP contribution < -0.4 is 10.6 Å². The SMILES string of the molecule is CC(C(=O)NCC1(Sc2ccccc2)CCCC1)C1CNC1. The minimum absolute atomic E-state index is 0.126. The van der Waals surface area contributed by atoms with Gasteiger partial charge in [-0.15, -0.1) is 11.8 Å². The molecule has 3 nitrogen and oxygen atoms in total. The second-order valence-corrected chi connectivity index (χ2v) is 8.27. The molecule has 0 bridgehead atoms. The van der Waals surface area contributed by atoms with Gasteiger partial charge in [0.05, 0.1) is 0 Å². The lowest BCUT2D eigenvalue weighted by molar-refractivity contribution is -0.126. The highest BCUT2D eigenvalue weighted by Crippen LogP contribution is 2.44. The van der Waals surface area contributed by atoms with E-state index in [9.17, 15) is 4.79 Å². The number of hydrogen-bond donors (Lipinski definition) is 2. The van der Waals surface area contributed by atoms with Crippen LogP contribution in [0.15, 0.2) is 35.2 Å². The summed E-state index contributed by atoms with van der Waals surface area (Å²) in [5.74, 6) is 0.870. The van der Waals surface area contributed by atoms with Crippen LogP contribution in [-0.2, 0) is 4.79 Å². The van der Waals surface area contributed by atoms with Gasteiger partial charge in [-0.3, -0.25) is 4.79 Å². The Morgan fingerprint density at radius 1 is 1.32 bits per heavy atom. The van der Waals surface area contributed by atoms with Crippen LogP contribution in [0.3, 0.4) is 0 Å². The number of amides is 1. The van der Waals surface area contributed by atoms with Gasteiger partial charge in [0.25, 0.3) is 0 Å². The summed E-state index contributed by atoms with van der Waals surface area (Å²) in [7, 11) is 0. The van der Waals surface area contributed by atoms with Crippen LogP contribution in [0.2, 0.25) is 0 Å². The summed E-state index contributed by atoms with van der Waals surface area (Å²) in [6.45, 7) is 4.83. The smallest absolute Gasteiger partial charge is 0.223 e. The Hall–Kier alpha value is -1.00. The monoisotopic (exact) mass is 318 g/mol. The maximum atomic E-state index is 12.4. The zero-order chi connectivity index (χ0) is 15.4. The predicted octanol–water partition coefficient (Wildman–Crippen LogP) is 3.06. The topological polar surface area (TPSA) is 41.1 Å². The third-order valence-corrected chi connectivity index (χ3v) is 6.60. The summed E-state index contributed by atoms with van der Waals surface area (Å²) < 4.78 is 0.189. The molecule has 1 heterocycles. The van der Waals surface area contributed by atoms with Gasteiger partial charge in [-0.25, -0.2) is 0 Å². The summed E-state index contributed by atoms with van der Waals surface area (Å²) in [4.78, 5) is 13.7. The second-order valence-electron chi connectivity index (χ2n) is 6.73. The van der Waals surface area contributed by atoms with E-state index in [4.69, 9.17) is 0 Å². The van der Waals surface area contributed by atoms with Crippen LogP contribution >= 0.6 is 11.8 Å². The van der Waals surface area contributed by atoms with Gasteiger partial charge < -0.3 is 10.6 Å². The number of hydrogen-bond acceptors (Lipinski definition) is 3. The molecule has 1 aliphatic heterocycles. The quantitative estimate of drug-likeness (QED) is 0.847. The first-order valence-electron chi connectivity index (χ1n) is 8.41. The maximum absolute atomic E-state index is 12.4. The summed E-state index contributed by atoms with van der Waals surface area (Å²) in [6.07, 6.45) is 4.95. The molecule has 0 radical (unpaired) electrons. The molecule has 0 aromatic heterocycles. The maximum Gasteiger partial charge on any atom is 0.223 e. The van der Waals surface area contributed by atoms with Crippen LogP contribution in [0, 0.1) is 11.8 Å². The Bertz CT molecular complexity index is 495. The van der Waals surface area contributed by atoms with Crippen molar-refractivity contribution in [2.45, 2.75) is 42.2 Å². The Morgan fingerprint density at radius 2 is 2.00 bits per heavy atom. The first kappa shape index (κ1) is 15.9. The molecule has 2 fully saturated rings. The summed E-state index contributed by atoms with van der Waals surface area (Å²) in [5, 5.41) is 6.50. The van der Waals surface area contributed by atoms with Crippen molar-refractivity contribution in [3.8, 4) is 0 Å². The van der Waals surface area contributed by atoms with Crippen LogP contribution in [0.5, 0.6) is 0 Å². The largest absolute Gasteiger partial charge is 0.354 e. The minimum atomic E-state index is 0.126. The molecule has 1 unspecified atom stereocenters. The number of nitrogens with one attached hydrogen (secondary N) is 2. The highest BCUT2D eigenvalue weighted by atomic mass is 32.2. The van der Waals surface area contributed by atoms with Crippen molar-refractivity contribution < 1.29 is 4.79 Å². The zero-order valence-corrected chi connectivity index (χ0v) is 14.1. The number of thioether (sulfide) groups is 1. The molecular formula is C18H26N2OS. The van der Waals surface area contributed by atoms with Gasteiger partial charge in [-0.05, 0) is 44.0 Å². The van der Waals surface area contributed by atoms with Gasteiger partial charge in [-0.1, -0.05) is 38.0 Å². The lowest BCUT2D eigenvalue weighted by Crippen LogP contribution is -2.51. The predicted molar refractivity (Wildman–Crippen MR) is 92.0 cm³/mol. The van der Waals surface area contributed by atoms with Crippen LogP contribution in [-0.4, -0.2) is 30.3 Å². The van der Waals surface area contributed by atoms with Crippen LogP contribution in [0.1, 0.15) is 32.6 Å². The summed E-state index contributed by atoms with van der Waals surface area (Å²) in [6, 6.07) is 10.6. The van der Waals surface area contributed by atoms with Crippen LogP contribution in [0.4, 0.5) is 0 Å². The van der Waals surface area contributed by atoms with Crippen molar-refractivity contribution >= 4 is 17.7 Å².